The van der Waals surface area contributed by atoms with Crippen LogP contribution in [0.1, 0.15) is 33.3 Å². The van der Waals surface area contributed by atoms with Crippen LogP contribution in [0.4, 0.5) is 10.1 Å². The van der Waals surface area contributed by atoms with Gasteiger partial charge in [0.1, 0.15) is 5.82 Å². The molecule has 114 valence electrons. The molecule has 1 aromatic rings. The fraction of sp³-hybridized carbons (Fsp3) is 0.625. The second kappa shape index (κ2) is 7.04. The topological polar surface area (TPSA) is 35.5 Å². The van der Waals surface area contributed by atoms with Gasteiger partial charge in [-0.2, -0.15) is 0 Å². The molecule has 0 saturated carbocycles. The molecular formula is C16H27FN2O. The first-order valence-electron chi connectivity index (χ1n) is 7.11. The molecule has 0 aliphatic rings. The van der Waals surface area contributed by atoms with E-state index in [9.17, 15) is 9.50 Å². The third-order valence-electron chi connectivity index (χ3n) is 2.94. The lowest BCUT2D eigenvalue weighted by molar-refractivity contribution is 0.0886. The molecular weight excluding hydrogens is 255 g/mol. The van der Waals surface area contributed by atoms with Crippen molar-refractivity contribution in [3.8, 4) is 0 Å². The van der Waals surface area contributed by atoms with E-state index in [0.29, 0.717) is 19.0 Å². The number of nitrogens with one attached hydrogen (secondary N) is 1. The summed E-state index contributed by atoms with van der Waals surface area (Å²) in [6, 6.07) is 4.79. The summed E-state index contributed by atoms with van der Waals surface area (Å²) in [5, 5.41) is 13.2. The highest BCUT2D eigenvalue weighted by Crippen LogP contribution is 2.22. The summed E-state index contributed by atoms with van der Waals surface area (Å²) in [4.78, 5) is 1.96. The van der Waals surface area contributed by atoms with Crippen LogP contribution in [0, 0.1) is 11.7 Å². The van der Waals surface area contributed by atoms with Gasteiger partial charge in [0.25, 0.3) is 0 Å². The Balaban J connectivity index is 2.83. The van der Waals surface area contributed by atoms with E-state index in [1.807, 2.05) is 11.9 Å². The summed E-state index contributed by atoms with van der Waals surface area (Å²) in [6.07, 6.45) is 0. The third kappa shape index (κ3) is 5.88. The first-order chi connectivity index (χ1) is 9.19. The van der Waals surface area contributed by atoms with E-state index in [-0.39, 0.29) is 5.82 Å². The zero-order valence-electron chi connectivity index (χ0n) is 13.2. The van der Waals surface area contributed by atoms with E-state index in [2.05, 4.69) is 19.2 Å². The zero-order chi connectivity index (χ0) is 15.3. The van der Waals surface area contributed by atoms with Crippen molar-refractivity contribution in [2.24, 2.45) is 5.92 Å². The number of hydrogen-bond donors (Lipinski definition) is 2. The standard InChI is InChI=1S/C16H27FN2O/c1-12(2)9-18-10-13-8-14(17)6-7-15(13)19(5)11-16(3,4)20/h6-8,12,18,20H,9-11H2,1-5H3. The molecule has 4 heteroatoms. The van der Waals surface area contributed by atoms with Crippen molar-refractivity contribution in [1.29, 1.82) is 0 Å². The van der Waals surface area contributed by atoms with E-state index in [1.54, 1.807) is 26.0 Å². The second-order valence-electron chi connectivity index (χ2n) is 6.47. The van der Waals surface area contributed by atoms with Crippen molar-refractivity contribution < 1.29 is 9.50 Å². The van der Waals surface area contributed by atoms with Crippen LogP contribution < -0.4 is 10.2 Å². The molecule has 1 aromatic carbocycles. The number of benzene rings is 1. The van der Waals surface area contributed by atoms with E-state index in [0.717, 1.165) is 17.8 Å². The van der Waals surface area contributed by atoms with Crippen LogP contribution >= 0.6 is 0 Å². The molecule has 0 aliphatic heterocycles. The number of halogens is 1. The predicted octanol–water partition coefficient (Wildman–Crippen LogP) is 2.78. The molecule has 0 unspecified atom stereocenters. The number of anilines is 1. The van der Waals surface area contributed by atoms with E-state index in [4.69, 9.17) is 0 Å². The molecule has 0 bridgehead atoms. The van der Waals surface area contributed by atoms with Crippen LogP contribution in [0.5, 0.6) is 0 Å². The molecule has 0 saturated heterocycles. The average molecular weight is 282 g/mol. The Hall–Kier alpha value is -1.13. The Morgan fingerprint density at radius 3 is 2.55 bits per heavy atom. The molecule has 0 heterocycles. The van der Waals surface area contributed by atoms with Crippen molar-refractivity contribution in [1.82, 2.24) is 5.32 Å². The van der Waals surface area contributed by atoms with Crippen LogP contribution in [0.2, 0.25) is 0 Å². The number of nitrogens with zero attached hydrogens (tertiary/aromatic N) is 1. The average Bonchev–Trinajstić information content (AvgIpc) is 2.25. The quantitative estimate of drug-likeness (QED) is 0.807. The van der Waals surface area contributed by atoms with Crippen LogP contribution in [-0.4, -0.2) is 30.8 Å². The summed E-state index contributed by atoms with van der Waals surface area (Å²) in [5.74, 6) is 0.327. The SMILES string of the molecule is CC(C)CNCc1cc(F)ccc1N(C)CC(C)(C)O. The maximum absolute atomic E-state index is 13.4. The molecule has 1 rings (SSSR count). The molecule has 0 atom stereocenters. The van der Waals surface area contributed by atoms with Crippen LogP contribution in [0.3, 0.4) is 0 Å². The molecule has 0 amide bonds. The van der Waals surface area contributed by atoms with Gasteiger partial charge < -0.3 is 15.3 Å². The van der Waals surface area contributed by atoms with Gasteiger partial charge in [-0.05, 0) is 50.1 Å². The number of likely N-dealkylation sites (N-methyl/N-ethyl adjacent to an activating group) is 1. The Bertz CT molecular complexity index is 427. The number of hydrogen-bond acceptors (Lipinski definition) is 3. The molecule has 0 spiro atoms. The summed E-state index contributed by atoms with van der Waals surface area (Å²) in [6.45, 7) is 9.83. The first-order valence-corrected chi connectivity index (χ1v) is 7.11. The summed E-state index contributed by atoms with van der Waals surface area (Å²) >= 11 is 0. The van der Waals surface area contributed by atoms with Crippen molar-refractivity contribution in [2.75, 3.05) is 25.0 Å². The molecule has 0 aliphatic carbocycles. The van der Waals surface area contributed by atoms with Crippen molar-refractivity contribution in [3.05, 3.63) is 29.6 Å². The van der Waals surface area contributed by atoms with E-state index >= 15 is 0 Å². The van der Waals surface area contributed by atoms with Gasteiger partial charge in [0.15, 0.2) is 0 Å². The lowest BCUT2D eigenvalue weighted by atomic mass is 10.1. The van der Waals surface area contributed by atoms with Crippen molar-refractivity contribution in [3.63, 3.8) is 0 Å². The van der Waals surface area contributed by atoms with Gasteiger partial charge in [0.05, 0.1) is 5.60 Å². The zero-order valence-corrected chi connectivity index (χ0v) is 13.2. The summed E-state index contributed by atoms with van der Waals surface area (Å²) in [7, 11) is 1.91. The minimum Gasteiger partial charge on any atom is -0.389 e. The summed E-state index contributed by atoms with van der Waals surface area (Å²) in [5.41, 5.74) is 1.08. The monoisotopic (exact) mass is 282 g/mol. The normalized spacial score (nSPS) is 12.0. The lowest BCUT2D eigenvalue weighted by Crippen LogP contribution is -2.37. The van der Waals surface area contributed by atoms with E-state index in [1.165, 1.54) is 6.07 Å². The highest BCUT2D eigenvalue weighted by molar-refractivity contribution is 5.53. The fourth-order valence-electron chi connectivity index (χ4n) is 2.23. The summed E-state index contributed by atoms with van der Waals surface area (Å²) < 4.78 is 13.4. The van der Waals surface area contributed by atoms with Gasteiger partial charge in [-0.3, -0.25) is 0 Å². The van der Waals surface area contributed by atoms with Crippen molar-refractivity contribution >= 4 is 5.69 Å². The maximum atomic E-state index is 13.4. The van der Waals surface area contributed by atoms with Crippen LogP contribution in [0.25, 0.3) is 0 Å². The minimum absolute atomic E-state index is 0.230. The van der Waals surface area contributed by atoms with Gasteiger partial charge in [0, 0.05) is 25.8 Å². The molecule has 0 fully saturated rings. The largest absolute Gasteiger partial charge is 0.389 e. The van der Waals surface area contributed by atoms with Gasteiger partial charge >= 0.3 is 0 Å². The minimum atomic E-state index is -0.786. The Labute approximate surface area is 121 Å². The highest BCUT2D eigenvalue weighted by Gasteiger charge is 2.18. The van der Waals surface area contributed by atoms with Crippen LogP contribution in [-0.2, 0) is 6.54 Å². The molecule has 20 heavy (non-hydrogen) atoms. The second-order valence-corrected chi connectivity index (χ2v) is 6.47. The molecule has 0 aromatic heterocycles. The van der Waals surface area contributed by atoms with Gasteiger partial charge in [-0.15, -0.1) is 0 Å². The molecule has 0 radical (unpaired) electrons. The Morgan fingerprint density at radius 2 is 2.00 bits per heavy atom. The number of aliphatic hydroxyl groups is 1. The molecule has 2 N–H and O–H groups in total. The smallest absolute Gasteiger partial charge is 0.123 e. The predicted molar refractivity (Wildman–Crippen MR) is 82.5 cm³/mol. The van der Waals surface area contributed by atoms with Gasteiger partial charge in [0.2, 0.25) is 0 Å². The Kier molecular flexibility index (Phi) is 5.96. The van der Waals surface area contributed by atoms with Crippen molar-refractivity contribution in [2.45, 2.75) is 39.8 Å². The van der Waals surface area contributed by atoms with Gasteiger partial charge in [-0.25, -0.2) is 4.39 Å². The van der Waals surface area contributed by atoms with Gasteiger partial charge in [-0.1, -0.05) is 13.8 Å². The maximum Gasteiger partial charge on any atom is 0.123 e. The highest BCUT2D eigenvalue weighted by atomic mass is 19.1. The fourth-order valence-corrected chi connectivity index (χ4v) is 2.23. The molecule has 3 nitrogen and oxygen atoms in total. The number of rotatable bonds is 7. The van der Waals surface area contributed by atoms with Crippen LogP contribution in [0.15, 0.2) is 18.2 Å². The third-order valence-corrected chi connectivity index (χ3v) is 2.94. The lowest BCUT2D eigenvalue weighted by Gasteiger charge is -2.29. The van der Waals surface area contributed by atoms with E-state index < -0.39 is 5.60 Å². The Morgan fingerprint density at radius 1 is 1.35 bits per heavy atom. The first kappa shape index (κ1) is 16.9.